The molecule has 3 aromatic carbocycles. The number of nitrogens with two attached hydrogens (primary N) is 1. The molecular weight excluding hydrogens is 390 g/mol. The van der Waals surface area contributed by atoms with E-state index in [0.29, 0.717) is 11.3 Å². The third-order valence-electron chi connectivity index (χ3n) is 4.90. The van der Waals surface area contributed by atoms with Gasteiger partial charge in [-0.1, -0.05) is 72.8 Å². The highest BCUT2D eigenvalue weighted by atomic mass is 16.2. The molecule has 4 N–H and O–H groups in total. The van der Waals surface area contributed by atoms with E-state index < -0.39 is 5.91 Å². The Bertz CT molecular complexity index is 997. The van der Waals surface area contributed by atoms with Crippen LogP contribution >= 0.6 is 0 Å². The lowest BCUT2D eigenvalue weighted by atomic mass is 9.88. The molecule has 0 fully saturated rings. The monoisotopic (exact) mass is 415 g/mol. The topological polar surface area (TPSA) is 101 Å². The van der Waals surface area contributed by atoms with Gasteiger partial charge in [0.25, 0.3) is 5.91 Å². The molecule has 0 aromatic heterocycles. The summed E-state index contributed by atoms with van der Waals surface area (Å²) in [6.45, 7) is 0.139. The summed E-state index contributed by atoms with van der Waals surface area (Å²) in [5, 5.41) is 5.51. The average molecular weight is 415 g/mol. The highest BCUT2D eigenvalue weighted by molar-refractivity contribution is 6.04. The Kier molecular flexibility index (Phi) is 7.54. The Morgan fingerprint density at radius 1 is 0.774 bits per heavy atom. The van der Waals surface area contributed by atoms with Gasteiger partial charge < -0.3 is 16.4 Å². The van der Waals surface area contributed by atoms with Crippen molar-refractivity contribution in [1.29, 1.82) is 0 Å². The van der Waals surface area contributed by atoms with Crippen LogP contribution in [0.1, 0.15) is 40.2 Å². The number of primary amides is 1. The van der Waals surface area contributed by atoms with E-state index in [2.05, 4.69) is 10.6 Å². The van der Waals surface area contributed by atoms with Crippen molar-refractivity contribution in [2.24, 2.45) is 5.73 Å². The second-order valence-electron chi connectivity index (χ2n) is 7.14. The number of nitrogens with one attached hydrogen (secondary N) is 2. The maximum atomic E-state index is 12.9. The fraction of sp³-hybridized carbons (Fsp3) is 0.160. The molecule has 6 heteroatoms. The van der Waals surface area contributed by atoms with Crippen molar-refractivity contribution >= 4 is 23.4 Å². The molecule has 3 rings (SSSR count). The minimum absolute atomic E-state index is 0.0517. The fourth-order valence-electron chi connectivity index (χ4n) is 3.37. The fourth-order valence-corrected chi connectivity index (χ4v) is 3.37. The minimum atomic E-state index is -0.491. The Morgan fingerprint density at radius 2 is 1.32 bits per heavy atom. The summed E-state index contributed by atoms with van der Waals surface area (Å²) in [4.78, 5) is 36.3. The molecule has 0 saturated carbocycles. The van der Waals surface area contributed by atoms with Crippen LogP contribution in [-0.4, -0.2) is 24.3 Å². The molecule has 0 radical (unpaired) electrons. The largest absolute Gasteiger partial charge is 0.370 e. The van der Waals surface area contributed by atoms with Crippen molar-refractivity contribution in [3.63, 3.8) is 0 Å². The zero-order chi connectivity index (χ0) is 22.1. The summed E-state index contributed by atoms with van der Waals surface area (Å²) in [7, 11) is 0. The van der Waals surface area contributed by atoms with Crippen LogP contribution in [0.5, 0.6) is 0 Å². The van der Waals surface area contributed by atoms with Gasteiger partial charge in [-0.05, 0) is 23.3 Å². The minimum Gasteiger partial charge on any atom is -0.370 e. The number of hydrogen-bond acceptors (Lipinski definition) is 3. The van der Waals surface area contributed by atoms with Crippen molar-refractivity contribution in [3.8, 4) is 0 Å². The highest BCUT2D eigenvalue weighted by Gasteiger charge is 2.20. The van der Waals surface area contributed by atoms with Gasteiger partial charge in [-0.2, -0.15) is 0 Å². The molecule has 6 nitrogen and oxygen atoms in total. The smallest absolute Gasteiger partial charge is 0.253 e. The molecule has 0 aliphatic carbocycles. The maximum absolute atomic E-state index is 12.9. The lowest BCUT2D eigenvalue weighted by Crippen LogP contribution is -2.29. The van der Waals surface area contributed by atoms with Crippen LogP contribution in [0.25, 0.3) is 0 Å². The zero-order valence-electron chi connectivity index (χ0n) is 17.1. The second kappa shape index (κ2) is 10.7. The van der Waals surface area contributed by atoms with Crippen LogP contribution in [0, 0.1) is 0 Å². The first-order valence-corrected chi connectivity index (χ1v) is 10.1. The summed E-state index contributed by atoms with van der Waals surface area (Å²) >= 11 is 0. The molecule has 0 saturated heterocycles. The quantitative estimate of drug-likeness (QED) is 0.499. The van der Waals surface area contributed by atoms with E-state index in [0.717, 1.165) is 11.1 Å². The second-order valence-corrected chi connectivity index (χ2v) is 7.14. The normalized spacial score (nSPS) is 10.5. The summed E-state index contributed by atoms with van der Waals surface area (Å²) in [6.07, 6.45) is 0.280. The van der Waals surface area contributed by atoms with Crippen LogP contribution < -0.4 is 16.4 Å². The van der Waals surface area contributed by atoms with E-state index in [4.69, 9.17) is 5.73 Å². The number of rotatable bonds is 9. The lowest BCUT2D eigenvalue weighted by Gasteiger charge is -2.18. The van der Waals surface area contributed by atoms with Crippen LogP contribution in [0.4, 0.5) is 5.69 Å². The Labute approximate surface area is 181 Å². The zero-order valence-corrected chi connectivity index (χ0v) is 17.1. The number of para-hydroxylation sites is 1. The molecule has 0 unspecified atom stereocenters. The number of carbonyl (C=O) groups is 3. The first kappa shape index (κ1) is 21.8. The third-order valence-corrected chi connectivity index (χ3v) is 4.90. The molecule has 0 heterocycles. The Morgan fingerprint density at radius 3 is 1.90 bits per heavy atom. The maximum Gasteiger partial charge on any atom is 0.253 e. The predicted molar refractivity (Wildman–Crippen MR) is 121 cm³/mol. The standard InChI is InChI=1S/C25H25N3O3/c26-23(29)15-16-27-25(31)20-13-7-8-14-22(20)28-24(30)17-21(18-9-3-1-4-10-18)19-11-5-2-6-12-19/h1-14,21H,15-17H2,(H2,26,29)(H,27,31)(H,28,30). The van der Waals surface area contributed by atoms with Crippen LogP contribution in [0.3, 0.4) is 0 Å². The average Bonchev–Trinajstić information content (AvgIpc) is 2.78. The number of hydrogen-bond donors (Lipinski definition) is 3. The van der Waals surface area contributed by atoms with E-state index in [9.17, 15) is 14.4 Å². The molecule has 0 bridgehead atoms. The predicted octanol–water partition coefficient (Wildman–Crippen LogP) is 3.45. The van der Waals surface area contributed by atoms with Crippen LogP contribution in [0.15, 0.2) is 84.9 Å². The molecule has 0 aliphatic heterocycles. The molecule has 0 atom stereocenters. The van der Waals surface area contributed by atoms with Gasteiger partial charge in [-0.25, -0.2) is 0 Å². The van der Waals surface area contributed by atoms with E-state index >= 15 is 0 Å². The summed E-state index contributed by atoms with van der Waals surface area (Å²) < 4.78 is 0. The van der Waals surface area contributed by atoms with Crippen LogP contribution in [0.2, 0.25) is 0 Å². The van der Waals surface area contributed by atoms with Gasteiger partial charge in [0, 0.05) is 25.3 Å². The summed E-state index contributed by atoms with van der Waals surface area (Å²) in [6, 6.07) is 26.5. The Hall–Kier alpha value is -3.93. The highest BCUT2D eigenvalue weighted by Crippen LogP contribution is 2.28. The van der Waals surface area contributed by atoms with Crippen molar-refractivity contribution < 1.29 is 14.4 Å². The summed E-state index contributed by atoms with van der Waals surface area (Å²) in [5.41, 5.74) is 7.94. The van der Waals surface area contributed by atoms with Gasteiger partial charge >= 0.3 is 0 Å². The SMILES string of the molecule is NC(=O)CCNC(=O)c1ccccc1NC(=O)CC(c1ccccc1)c1ccccc1. The number of amides is 3. The van der Waals surface area contributed by atoms with Gasteiger partial charge in [0.1, 0.15) is 0 Å². The lowest BCUT2D eigenvalue weighted by molar-refractivity contribution is -0.118. The van der Waals surface area contributed by atoms with Crippen molar-refractivity contribution in [1.82, 2.24) is 5.32 Å². The van der Waals surface area contributed by atoms with E-state index in [-0.39, 0.29) is 37.1 Å². The van der Waals surface area contributed by atoms with Crippen molar-refractivity contribution in [2.75, 3.05) is 11.9 Å². The number of anilines is 1. The molecule has 0 spiro atoms. The van der Waals surface area contributed by atoms with E-state index in [1.807, 2.05) is 60.7 Å². The van der Waals surface area contributed by atoms with E-state index in [1.54, 1.807) is 24.3 Å². The number of carbonyl (C=O) groups excluding carboxylic acids is 3. The molecule has 158 valence electrons. The first-order chi connectivity index (χ1) is 15.0. The molecule has 31 heavy (non-hydrogen) atoms. The van der Waals surface area contributed by atoms with Crippen molar-refractivity contribution in [3.05, 3.63) is 102 Å². The Balaban J connectivity index is 1.75. The van der Waals surface area contributed by atoms with Gasteiger partial charge in [-0.3, -0.25) is 14.4 Å². The molecular formula is C25H25N3O3. The first-order valence-electron chi connectivity index (χ1n) is 10.1. The summed E-state index contributed by atoms with van der Waals surface area (Å²) in [5.74, 6) is -1.18. The van der Waals surface area contributed by atoms with Gasteiger partial charge in [-0.15, -0.1) is 0 Å². The molecule has 3 amide bonds. The van der Waals surface area contributed by atoms with Gasteiger partial charge in [0.2, 0.25) is 11.8 Å². The van der Waals surface area contributed by atoms with E-state index in [1.165, 1.54) is 0 Å². The van der Waals surface area contributed by atoms with Gasteiger partial charge in [0.15, 0.2) is 0 Å². The van der Waals surface area contributed by atoms with Crippen molar-refractivity contribution in [2.45, 2.75) is 18.8 Å². The number of benzene rings is 3. The molecule has 3 aromatic rings. The van der Waals surface area contributed by atoms with Crippen LogP contribution in [-0.2, 0) is 9.59 Å². The molecule has 0 aliphatic rings. The third kappa shape index (κ3) is 6.27. The van der Waals surface area contributed by atoms with Gasteiger partial charge in [0.05, 0.1) is 11.3 Å².